The number of nitrogens with one attached hydrogen (secondary N) is 2. The highest BCUT2D eigenvalue weighted by atomic mass is 32.2. The zero-order chi connectivity index (χ0) is 25.8. The molecule has 1 saturated heterocycles. The molecule has 5 rings (SSSR count). The molecule has 1 amide bonds. The van der Waals surface area contributed by atoms with Gasteiger partial charge in [0.15, 0.2) is 0 Å². The van der Waals surface area contributed by atoms with E-state index in [1.54, 1.807) is 41.9 Å². The third-order valence-electron chi connectivity index (χ3n) is 6.01. The molecule has 0 unspecified atom stereocenters. The lowest BCUT2D eigenvalue weighted by Gasteiger charge is -2.20. The molecule has 0 saturated carbocycles. The maximum Gasteiger partial charge on any atom is 0.271 e. The number of carbonyl (C=O) groups excluding carboxylic acids is 1. The average molecular weight is 535 g/mol. The summed E-state index contributed by atoms with van der Waals surface area (Å²) in [4.78, 5) is 15.0. The number of hydrazone groups is 1. The van der Waals surface area contributed by atoms with E-state index in [0.717, 1.165) is 60.0 Å². The summed E-state index contributed by atoms with van der Waals surface area (Å²) < 4.78 is 29.5. The highest BCUT2D eigenvalue weighted by Gasteiger charge is 2.23. The maximum absolute atomic E-state index is 12.7. The van der Waals surface area contributed by atoms with Crippen LogP contribution in [0.1, 0.15) is 34.5 Å². The molecule has 37 heavy (non-hydrogen) atoms. The summed E-state index contributed by atoms with van der Waals surface area (Å²) in [5.74, 6) is 0.557. The number of hydrogen-bond acceptors (Lipinski definition) is 7. The van der Waals surface area contributed by atoms with E-state index in [4.69, 9.17) is 5.10 Å². The van der Waals surface area contributed by atoms with Crippen molar-refractivity contribution in [1.29, 1.82) is 0 Å². The van der Waals surface area contributed by atoms with Crippen LogP contribution in [0.15, 0.2) is 81.4 Å². The van der Waals surface area contributed by atoms with Crippen LogP contribution in [0.4, 0.5) is 11.5 Å². The van der Waals surface area contributed by atoms with Crippen LogP contribution in [-0.4, -0.2) is 43.4 Å². The van der Waals surface area contributed by atoms with E-state index in [2.05, 4.69) is 20.1 Å². The quantitative estimate of drug-likeness (QED) is 0.257. The molecule has 190 valence electrons. The lowest BCUT2D eigenvalue weighted by atomic mass is 10.2. The number of hydrogen-bond donors (Lipinski definition) is 2. The lowest BCUT2D eigenvalue weighted by molar-refractivity contribution is 0.0955. The molecule has 0 radical (unpaired) electrons. The number of amides is 1. The van der Waals surface area contributed by atoms with Crippen LogP contribution in [0, 0.1) is 6.92 Å². The van der Waals surface area contributed by atoms with Gasteiger partial charge in [0.05, 0.1) is 23.2 Å². The summed E-state index contributed by atoms with van der Waals surface area (Å²) in [6.07, 6.45) is 3.87. The molecule has 3 heterocycles. The first-order valence-corrected chi connectivity index (χ1v) is 14.2. The molecule has 0 atom stereocenters. The van der Waals surface area contributed by atoms with Crippen molar-refractivity contribution in [3.05, 3.63) is 88.9 Å². The number of benzene rings is 2. The molecular weight excluding hydrogens is 508 g/mol. The normalized spacial score (nSPS) is 13.8. The summed E-state index contributed by atoms with van der Waals surface area (Å²) in [5, 5.41) is 10.7. The highest BCUT2D eigenvalue weighted by molar-refractivity contribution is 7.94. The number of aryl methyl sites for hydroxylation is 1. The number of para-hydroxylation sites is 1. The lowest BCUT2D eigenvalue weighted by Crippen LogP contribution is -2.23. The maximum atomic E-state index is 12.7. The smallest absolute Gasteiger partial charge is 0.271 e. The van der Waals surface area contributed by atoms with E-state index in [1.165, 1.54) is 6.07 Å². The second-order valence-electron chi connectivity index (χ2n) is 8.58. The van der Waals surface area contributed by atoms with Crippen molar-refractivity contribution in [2.45, 2.75) is 24.0 Å². The molecular formula is C26H26N6O3S2. The predicted molar refractivity (Wildman–Crippen MR) is 146 cm³/mol. The Labute approximate surface area is 219 Å². The molecule has 1 fully saturated rings. The largest absolute Gasteiger partial charge is 0.356 e. The Bertz CT molecular complexity index is 1510. The zero-order valence-electron chi connectivity index (χ0n) is 20.2. The van der Waals surface area contributed by atoms with Gasteiger partial charge in [-0.3, -0.25) is 9.52 Å². The van der Waals surface area contributed by atoms with Crippen molar-refractivity contribution >= 4 is 45.0 Å². The average Bonchev–Trinajstić information content (AvgIpc) is 3.67. The van der Waals surface area contributed by atoms with Crippen LogP contribution in [0.3, 0.4) is 0 Å². The van der Waals surface area contributed by atoms with Crippen LogP contribution >= 0.6 is 11.3 Å². The van der Waals surface area contributed by atoms with Crippen molar-refractivity contribution < 1.29 is 13.2 Å². The summed E-state index contributed by atoms with van der Waals surface area (Å²) in [5.41, 5.74) is 5.92. The van der Waals surface area contributed by atoms with E-state index in [-0.39, 0.29) is 4.21 Å². The number of nitrogens with zero attached hydrogens (tertiary/aromatic N) is 4. The van der Waals surface area contributed by atoms with Crippen molar-refractivity contribution in [1.82, 2.24) is 15.2 Å². The van der Waals surface area contributed by atoms with Gasteiger partial charge in [-0.15, -0.1) is 11.3 Å². The van der Waals surface area contributed by atoms with Gasteiger partial charge in [-0.05, 0) is 67.6 Å². The fraction of sp³-hybridized carbons (Fsp3) is 0.192. The summed E-state index contributed by atoms with van der Waals surface area (Å²) in [6.45, 7) is 3.81. The second kappa shape index (κ2) is 10.6. The van der Waals surface area contributed by atoms with E-state index in [1.807, 2.05) is 41.9 Å². The fourth-order valence-corrected chi connectivity index (χ4v) is 6.24. The number of thiophene rings is 1. The SMILES string of the molecule is Cc1nn(-c2ccccc2)c(N2CCCC2)c1/C=N\NC(=O)c1ccc(NS(=O)(=O)c2cccs2)cc1. The minimum atomic E-state index is -3.65. The molecule has 2 aromatic heterocycles. The third kappa shape index (κ3) is 5.42. The van der Waals surface area contributed by atoms with E-state index in [0.29, 0.717) is 11.3 Å². The van der Waals surface area contributed by atoms with Crippen molar-refractivity contribution in [3.8, 4) is 5.69 Å². The monoisotopic (exact) mass is 534 g/mol. The van der Waals surface area contributed by atoms with Crippen molar-refractivity contribution in [2.75, 3.05) is 22.7 Å². The van der Waals surface area contributed by atoms with Gasteiger partial charge in [0.2, 0.25) is 0 Å². The van der Waals surface area contributed by atoms with E-state index in [9.17, 15) is 13.2 Å². The summed E-state index contributed by atoms with van der Waals surface area (Å²) in [6, 6.07) is 19.3. The Morgan fingerprint density at radius 3 is 2.43 bits per heavy atom. The van der Waals surface area contributed by atoms with Gasteiger partial charge in [0.25, 0.3) is 15.9 Å². The standard InChI is InChI=1S/C26H26N6O3S2/c1-19-23(26(31-15-5-6-16-31)32(29-19)22-8-3-2-4-9-22)18-27-28-25(33)20-11-13-21(14-12-20)30-37(34,35)24-10-7-17-36-24/h2-4,7-14,17-18,30H,5-6,15-16H2,1H3,(H,28,33)/b27-18-. The molecule has 1 aliphatic rings. The minimum Gasteiger partial charge on any atom is -0.356 e. The highest BCUT2D eigenvalue weighted by Crippen LogP contribution is 2.29. The molecule has 0 spiro atoms. The van der Waals surface area contributed by atoms with Gasteiger partial charge in [0.1, 0.15) is 10.0 Å². The van der Waals surface area contributed by atoms with E-state index >= 15 is 0 Å². The third-order valence-corrected chi connectivity index (χ3v) is 8.79. The van der Waals surface area contributed by atoms with Gasteiger partial charge in [0, 0.05) is 24.3 Å². The Morgan fingerprint density at radius 2 is 1.76 bits per heavy atom. The Kier molecular flexibility index (Phi) is 7.06. The first-order chi connectivity index (χ1) is 17.9. The number of anilines is 2. The van der Waals surface area contributed by atoms with E-state index < -0.39 is 15.9 Å². The van der Waals surface area contributed by atoms with Crippen LogP contribution in [0.5, 0.6) is 0 Å². The van der Waals surface area contributed by atoms with Crippen LogP contribution in [0.2, 0.25) is 0 Å². The van der Waals surface area contributed by atoms with Crippen molar-refractivity contribution in [3.63, 3.8) is 0 Å². The Morgan fingerprint density at radius 1 is 1.03 bits per heavy atom. The van der Waals surface area contributed by atoms with Gasteiger partial charge < -0.3 is 4.90 Å². The van der Waals surface area contributed by atoms with Gasteiger partial charge >= 0.3 is 0 Å². The first-order valence-electron chi connectivity index (χ1n) is 11.8. The number of aromatic nitrogens is 2. The summed E-state index contributed by atoms with van der Waals surface area (Å²) in [7, 11) is -3.65. The molecule has 0 aliphatic carbocycles. The van der Waals surface area contributed by atoms with Crippen LogP contribution in [0.25, 0.3) is 5.69 Å². The molecule has 4 aromatic rings. The molecule has 9 nitrogen and oxygen atoms in total. The molecule has 0 bridgehead atoms. The Balaban J connectivity index is 1.31. The van der Waals surface area contributed by atoms with Gasteiger partial charge in [-0.2, -0.15) is 10.2 Å². The predicted octanol–water partition coefficient (Wildman–Crippen LogP) is 4.41. The summed E-state index contributed by atoms with van der Waals surface area (Å²) >= 11 is 1.13. The number of rotatable bonds is 8. The molecule has 2 N–H and O–H groups in total. The number of sulfonamides is 1. The molecule has 11 heteroatoms. The topological polar surface area (TPSA) is 109 Å². The fourth-order valence-electron chi connectivity index (χ4n) is 4.19. The number of carbonyl (C=O) groups is 1. The van der Waals surface area contributed by atoms with Crippen LogP contribution in [-0.2, 0) is 10.0 Å². The Hall–Kier alpha value is -3.96. The molecule has 2 aromatic carbocycles. The van der Waals surface area contributed by atoms with Gasteiger partial charge in [-0.25, -0.2) is 18.5 Å². The van der Waals surface area contributed by atoms with Gasteiger partial charge in [-0.1, -0.05) is 24.3 Å². The zero-order valence-corrected chi connectivity index (χ0v) is 21.8. The second-order valence-corrected chi connectivity index (χ2v) is 11.4. The minimum absolute atomic E-state index is 0.225. The first kappa shape index (κ1) is 24.7. The van der Waals surface area contributed by atoms with Crippen LogP contribution < -0.4 is 15.0 Å². The molecule has 1 aliphatic heterocycles. The van der Waals surface area contributed by atoms with Crippen molar-refractivity contribution in [2.24, 2.45) is 5.10 Å².